The summed E-state index contributed by atoms with van der Waals surface area (Å²) < 4.78 is 0.0315. The molecule has 0 aliphatic rings. The molecular formula is C11H22N2O3S. The molecule has 0 saturated carbocycles. The number of rotatable bonds is 7. The van der Waals surface area contributed by atoms with Crippen LogP contribution in [-0.4, -0.2) is 40.7 Å². The molecule has 17 heavy (non-hydrogen) atoms. The number of carbonyl (C=O) groups excluding carboxylic acids is 1. The summed E-state index contributed by atoms with van der Waals surface area (Å²) in [5.41, 5.74) is 0. The molecule has 0 aliphatic heterocycles. The van der Waals surface area contributed by atoms with Crippen molar-refractivity contribution in [1.29, 1.82) is 0 Å². The predicted octanol–water partition coefficient (Wildman–Crippen LogP) is 1.68. The summed E-state index contributed by atoms with van der Waals surface area (Å²) in [6.45, 7) is 6.14. The monoisotopic (exact) mass is 262 g/mol. The number of urea groups is 1. The predicted molar refractivity (Wildman–Crippen MR) is 70.5 cm³/mol. The molecule has 3 N–H and O–H groups in total. The van der Waals surface area contributed by atoms with Gasteiger partial charge in [0, 0.05) is 11.3 Å². The molecule has 1 unspecified atom stereocenters. The maximum atomic E-state index is 11.5. The summed E-state index contributed by atoms with van der Waals surface area (Å²) in [6.07, 6.45) is 3.94. The molecule has 0 aromatic heterocycles. The van der Waals surface area contributed by atoms with Gasteiger partial charge in [0.25, 0.3) is 0 Å². The number of amides is 2. The third-order valence-corrected chi connectivity index (χ3v) is 4.60. The molecule has 100 valence electrons. The molecular weight excluding hydrogens is 240 g/mol. The normalized spacial score (nSPS) is 12.9. The maximum absolute atomic E-state index is 11.5. The van der Waals surface area contributed by atoms with Gasteiger partial charge in [-0.1, -0.05) is 13.8 Å². The van der Waals surface area contributed by atoms with E-state index in [1.54, 1.807) is 11.8 Å². The minimum Gasteiger partial charge on any atom is -0.480 e. The summed E-state index contributed by atoms with van der Waals surface area (Å²) in [5.74, 6) is -1.04. The van der Waals surface area contributed by atoms with Crippen LogP contribution >= 0.6 is 11.8 Å². The van der Waals surface area contributed by atoms with E-state index < -0.39 is 18.0 Å². The van der Waals surface area contributed by atoms with Crippen molar-refractivity contribution in [1.82, 2.24) is 10.6 Å². The first kappa shape index (κ1) is 16.1. The lowest BCUT2D eigenvalue weighted by molar-refractivity contribution is -0.138. The van der Waals surface area contributed by atoms with Gasteiger partial charge in [-0.2, -0.15) is 11.8 Å². The minimum atomic E-state index is -1.04. The van der Waals surface area contributed by atoms with E-state index >= 15 is 0 Å². The maximum Gasteiger partial charge on any atom is 0.325 e. The van der Waals surface area contributed by atoms with Crippen LogP contribution in [0.1, 0.15) is 33.6 Å². The van der Waals surface area contributed by atoms with Gasteiger partial charge in [-0.05, 0) is 26.0 Å². The summed E-state index contributed by atoms with van der Waals surface area (Å²) >= 11 is 1.73. The van der Waals surface area contributed by atoms with Crippen LogP contribution in [0.4, 0.5) is 4.79 Å². The molecule has 0 radical (unpaired) electrons. The first-order chi connectivity index (χ1) is 7.90. The van der Waals surface area contributed by atoms with Crippen molar-refractivity contribution >= 4 is 23.8 Å². The van der Waals surface area contributed by atoms with Gasteiger partial charge >= 0.3 is 12.0 Å². The van der Waals surface area contributed by atoms with Gasteiger partial charge in [0.2, 0.25) is 0 Å². The molecule has 2 amide bonds. The third kappa shape index (κ3) is 5.30. The molecule has 0 fully saturated rings. The van der Waals surface area contributed by atoms with Crippen molar-refractivity contribution in [3.05, 3.63) is 0 Å². The average Bonchev–Trinajstić information content (AvgIpc) is 2.31. The van der Waals surface area contributed by atoms with Gasteiger partial charge in [-0.25, -0.2) is 4.79 Å². The van der Waals surface area contributed by atoms with Crippen molar-refractivity contribution in [2.24, 2.45) is 0 Å². The van der Waals surface area contributed by atoms with Crippen LogP contribution in [-0.2, 0) is 4.79 Å². The van der Waals surface area contributed by atoms with Gasteiger partial charge in [0.15, 0.2) is 0 Å². The molecule has 1 atom stereocenters. The highest BCUT2D eigenvalue weighted by atomic mass is 32.2. The second-order valence-corrected chi connectivity index (χ2v) is 5.26. The Morgan fingerprint density at radius 2 is 1.88 bits per heavy atom. The van der Waals surface area contributed by atoms with E-state index in [0.29, 0.717) is 6.54 Å². The molecule has 0 bridgehead atoms. The van der Waals surface area contributed by atoms with Crippen LogP contribution in [0.25, 0.3) is 0 Å². The number of thioether (sulfide) groups is 1. The molecule has 5 nitrogen and oxygen atoms in total. The average molecular weight is 262 g/mol. The van der Waals surface area contributed by atoms with Crippen LogP contribution in [0.5, 0.6) is 0 Å². The molecule has 0 aromatic carbocycles. The number of hydrogen-bond donors (Lipinski definition) is 3. The second kappa shape index (κ2) is 7.42. The number of carboxylic acid groups (broad SMARTS) is 1. The molecule has 0 aliphatic carbocycles. The van der Waals surface area contributed by atoms with E-state index in [2.05, 4.69) is 24.5 Å². The number of hydrogen-bond acceptors (Lipinski definition) is 3. The summed E-state index contributed by atoms with van der Waals surface area (Å²) in [7, 11) is 0. The number of aliphatic carboxylic acids is 1. The molecule has 0 heterocycles. The smallest absolute Gasteiger partial charge is 0.325 e. The fourth-order valence-corrected chi connectivity index (χ4v) is 2.21. The van der Waals surface area contributed by atoms with Crippen LogP contribution in [0.3, 0.4) is 0 Å². The third-order valence-electron chi connectivity index (χ3n) is 3.01. The lowest BCUT2D eigenvalue weighted by atomic mass is 10.0. The molecule has 0 aromatic rings. The van der Waals surface area contributed by atoms with E-state index in [-0.39, 0.29) is 4.75 Å². The van der Waals surface area contributed by atoms with Crippen molar-refractivity contribution in [3.63, 3.8) is 0 Å². The largest absolute Gasteiger partial charge is 0.480 e. The Kier molecular flexibility index (Phi) is 7.03. The summed E-state index contributed by atoms with van der Waals surface area (Å²) in [4.78, 5) is 22.0. The number of nitrogens with one attached hydrogen (secondary N) is 2. The van der Waals surface area contributed by atoms with Gasteiger partial charge in [-0.3, -0.25) is 4.79 Å². The Morgan fingerprint density at radius 3 is 2.24 bits per heavy atom. The minimum absolute atomic E-state index is 0.0315. The molecule has 6 heteroatoms. The van der Waals surface area contributed by atoms with Gasteiger partial charge in [0.1, 0.15) is 6.04 Å². The second-order valence-electron chi connectivity index (χ2n) is 3.98. The topological polar surface area (TPSA) is 78.4 Å². The van der Waals surface area contributed by atoms with Gasteiger partial charge in [-0.15, -0.1) is 0 Å². The Balaban J connectivity index is 4.18. The van der Waals surface area contributed by atoms with Crippen LogP contribution in [0.2, 0.25) is 0 Å². The Morgan fingerprint density at radius 1 is 1.35 bits per heavy atom. The van der Waals surface area contributed by atoms with E-state index in [1.165, 1.54) is 6.92 Å². The van der Waals surface area contributed by atoms with Crippen LogP contribution in [0, 0.1) is 0 Å². The highest BCUT2D eigenvalue weighted by Crippen LogP contribution is 2.29. The highest BCUT2D eigenvalue weighted by molar-refractivity contribution is 8.00. The van der Waals surface area contributed by atoms with Crippen LogP contribution in [0.15, 0.2) is 0 Å². The Bertz CT molecular complexity index is 259. The lowest BCUT2D eigenvalue weighted by Gasteiger charge is -2.29. The lowest BCUT2D eigenvalue weighted by Crippen LogP contribution is -2.48. The van der Waals surface area contributed by atoms with Crippen molar-refractivity contribution in [2.45, 2.75) is 44.4 Å². The van der Waals surface area contributed by atoms with Crippen molar-refractivity contribution in [3.8, 4) is 0 Å². The van der Waals surface area contributed by atoms with Gasteiger partial charge in [0.05, 0.1) is 0 Å². The molecule has 0 spiro atoms. The highest BCUT2D eigenvalue weighted by Gasteiger charge is 2.25. The first-order valence-corrected chi connectivity index (χ1v) is 6.95. The fraction of sp³-hybridized carbons (Fsp3) is 0.818. The van der Waals surface area contributed by atoms with E-state index in [1.807, 2.05) is 6.26 Å². The van der Waals surface area contributed by atoms with E-state index in [0.717, 1.165) is 12.8 Å². The fourth-order valence-electron chi connectivity index (χ4n) is 1.41. The number of carbonyl (C=O) groups is 2. The molecule has 0 saturated heterocycles. The first-order valence-electron chi connectivity index (χ1n) is 5.73. The van der Waals surface area contributed by atoms with E-state index in [4.69, 9.17) is 5.11 Å². The van der Waals surface area contributed by atoms with Crippen molar-refractivity contribution < 1.29 is 14.7 Å². The quantitative estimate of drug-likeness (QED) is 0.652. The molecule has 0 rings (SSSR count). The Labute approximate surface area is 107 Å². The zero-order valence-corrected chi connectivity index (χ0v) is 11.7. The zero-order chi connectivity index (χ0) is 13.5. The van der Waals surface area contributed by atoms with Crippen LogP contribution < -0.4 is 10.6 Å². The summed E-state index contributed by atoms with van der Waals surface area (Å²) in [6, 6.07) is -1.30. The van der Waals surface area contributed by atoms with Gasteiger partial charge < -0.3 is 15.7 Å². The standard InChI is InChI=1S/C11H22N2O3S/c1-5-11(6-2,17-4)7-12-10(16)13-8(3)9(14)15/h8H,5-7H2,1-4H3,(H,14,15)(H2,12,13,16). The number of carboxylic acids is 1. The zero-order valence-electron chi connectivity index (χ0n) is 10.9. The van der Waals surface area contributed by atoms with E-state index in [9.17, 15) is 9.59 Å². The van der Waals surface area contributed by atoms with Crippen molar-refractivity contribution in [2.75, 3.05) is 12.8 Å². The SMILES string of the molecule is CCC(CC)(CNC(=O)NC(C)C(=O)O)SC. The Hall–Kier alpha value is -0.910. The summed E-state index contributed by atoms with van der Waals surface area (Å²) in [5, 5.41) is 13.7.